The zero-order chi connectivity index (χ0) is 30.8. The van der Waals surface area contributed by atoms with E-state index in [1.54, 1.807) is 18.2 Å². The van der Waals surface area contributed by atoms with Gasteiger partial charge in [-0.15, -0.1) is 10.2 Å². The smallest absolute Gasteiger partial charge is 0.451 e. The number of nitrogens with zero attached hydrogens (tertiary/aromatic N) is 4. The summed E-state index contributed by atoms with van der Waals surface area (Å²) in [6.07, 6.45) is -5.11. The summed E-state index contributed by atoms with van der Waals surface area (Å²) in [6.45, 7) is -0.302. The minimum absolute atomic E-state index is 0.000783. The molecule has 0 aliphatic carbocycles. The lowest BCUT2D eigenvalue weighted by molar-refractivity contribution is -0.148. The first kappa shape index (κ1) is 30.3. The normalized spacial score (nSPS) is 13.7. The van der Waals surface area contributed by atoms with Crippen LogP contribution in [0.5, 0.6) is 5.75 Å². The van der Waals surface area contributed by atoms with Crippen LogP contribution in [0.2, 0.25) is 0 Å². The molecule has 0 saturated heterocycles. The number of carboxylic acid groups (broad SMARTS) is 1. The molecule has 15 heteroatoms. The Balaban J connectivity index is 0.000000241. The predicted molar refractivity (Wildman–Crippen MR) is 136 cm³/mol. The fourth-order valence-electron chi connectivity index (χ4n) is 4.44. The molecule has 222 valence electrons. The van der Waals surface area contributed by atoms with E-state index < -0.39 is 47.4 Å². The second-order valence-electron chi connectivity index (χ2n) is 9.42. The van der Waals surface area contributed by atoms with E-state index in [4.69, 9.17) is 10.8 Å². The zero-order valence-electron chi connectivity index (χ0n) is 21.6. The van der Waals surface area contributed by atoms with Crippen molar-refractivity contribution in [3.8, 4) is 5.75 Å². The first-order valence-electron chi connectivity index (χ1n) is 12.4. The number of nitrogens with two attached hydrogens (primary N) is 1. The van der Waals surface area contributed by atoms with Crippen LogP contribution in [0, 0.1) is 17.5 Å². The van der Waals surface area contributed by atoms with E-state index in [9.17, 15) is 41.0 Å². The number of carbonyl (C=O) groups is 2. The number of carboxylic acids is 1. The SMILES string of the molecule is N[C@@H](CC(=O)N1CCn2c(nnc2C(F)(F)F)C1)Cc1cc(F)c(F)cc1F.O=C(O)c1ccc2ccccc2c1O. The molecule has 0 unspecified atom stereocenters. The first-order chi connectivity index (χ1) is 19.8. The molecule has 1 aliphatic rings. The molecular weight excluding hydrogens is 572 g/mol. The third-order valence-electron chi connectivity index (χ3n) is 6.50. The number of aromatic carboxylic acids is 1. The minimum Gasteiger partial charge on any atom is -0.506 e. The van der Waals surface area contributed by atoms with Gasteiger partial charge < -0.3 is 25.4 Å². The highest BCUT2D eigenvalue weighted by Gasteiger charge is 2.40. The molecule has 5 rings (SSSR count). The van der Waals surface area contributed by atoms with Gasteiger partial charge in [0.15, 0.2) is 17.5 Å². The number of halogens is 6. The fourth-order valence-corrected chi connectivity index (χ4v) is 4.44. The molecule has 1 amide bonds. The number of aromatic hydroxyl groups is 1. The van der Waals surface area contributed by atoms with Crippen molar-refractivity contribution in [1.82, 2.24) is 19.7 Å². The van der Waals surface area contributed by atoms with Crippen LogP contribution in [-0.4, -0.2) is 54.3 Å². The number of fused-ring (bicyclic) bond motifs is 2. The van der Waals surface area contributed by atoms with Gasteiger partial charge in [-0.2, -0.15) is 13.2 Å². The Morgan fingerprint density at radius 2 is 1.67 bits per heavy atom. The van der Waals surface area contributed by atoms with Crippen molar-refractivity contribution in [2.24, 2.45) is 5.73 Å². The predicted octanol–water partition coefficient (Wildman–Crippen LogP) is 4.26. The number of amides is 1. The highest BCUT2D eigenvalue weighted by Crippen LogP contribution is 2.30. The molecule has 0 spiro atoms. The molecule has 2 heterocycles. The van der Waals surface area contributed by atoms with Gasteiger partial charge in [0, 0.05) is 37.0 Å². The lowest BCUT2D eigenvalue weighted by atomic mass is 10.0. The van der Waals surface area contributed by atoms with E-state index >= 15 is 0 Å². The molecular formula is C27H23F6N5O4. The number of benzene rings is 3. The molecule has 3 aromatic carbocycles. The second-order valence-corrected chi connectivity index (χ2v) is 9.42. The maximum atomic E-state index is 13.7. The van der Waals surface area contributed by atoms with Gasteiger partial charge in [-0.3, -0.25) is 4.79 Å². The van der Waals surface area contributed by atoms with Crippen molar-refractivity contribution in [2.75, 3.05) is 6.54 Å². The quantitative estimate of drug-likeness (QED) is 0.232. The molecule has 0 saturated carbocycles. The van der Waals surface area contributed by atoms with Crippen LogP contribution < -0.4 is 5.73 Å². The molecule has 0 fully saturated rings. The molecule has 0 radical (unpaired) electrons. The number of aromatic nitrogens is 3. The standard InChI is InChI=1S/C16H15F6N5O.C11H8O3/c17-10-6-12(19)11(18)4-8(10)3-9(23)5-14(28)26-1-2-27-13(7-26)24-25-15(27)16(20,21)22;12-10-8-4-2-1-3-7(8)5-6-9(10)11(13)14/h4,6,9H,1-3,5,7,23H2;1-6,12H,(H,13,14)/t9-;/m1./s1. The average Bonchev–Trinajstić information content (AvgIpc) is 3.36. The molecule has 4 N–H and O–H groups in total. The number of rotatable bonds is 5. The maximum Gasteiger partial charge on any atom is 0.451 e. The van der Waals surface area contributed by atoms with Crippen LogP contribution >= 0.6 is 0 Å². The number of hydrogen-bond acceptors (Lipinski definition) is 6. The van der Waals surface area contributed by atoms with Crippen molar-refractivity contribution in [3.63, 3.8) is 0 Å². The van der Waals surface area contributed by atoms with E-state index in [2.05, 4.69) is 10.2 Å². The Morgan fingerprint density at radius 1 is 0.976 bits per heavy atom. The van der Waals surface area contributed by atoms with Crippen molar-refractivity contribution < 1.29 is 46.1 Å². The van der Waals surface area contributed by atoms with Crippen LogP contribution in [0.15, 0.2) is 48.5 Å². The van der Waals surface area contributed by atoms with Crippen LogP contribution in [0.3, 0.4) is 0 Å². The van der Waals surface area contributed by atoms with Crippen LogP contribution in [0.4, 0.5) is 26.3 Å². The van der Waals surface area contributed by atoms with Gasteiger partial charge in [0.05, 0.1) is 6.54 Å². The lowest BCUT2D eigenvalue weighted by Gasteiger charge is -2.29. The highest BCUT2D eigenvalue weighted by molar-refractivity contribution is 6.00. The Bertz CT molecular complexity index is 1640. The van der Waals surface area contributed by atoms with Gasteiger partial charge in [0.1, 0.15) is 17.1 Å². The van der Waals surface area contributed by atoms with Crippen LogP contribution in [0.1, 0.15) is 34.0 Å². The van der Waals surface area contributed by atoms with E-state index in [1.165, 1.54) is 11.0 Å². The van der Waals surface area contributed by atoms with Gasteiger partial charge in [0.2, 0.25) is 11.7 Å². The molecule has 42 heavy (non-hydrogen) atoms. The van der Waals surface area contributed by atoms with E-state index in [0.29, 0.717) is 17.5 Å². The minimum atomic E-state index is -4.64. The Morgan fingerprint density at radius 3 is 2.36 bits per heavy atom. The number of alkyl halides is 3. The Hall–Kier alpha value is -4.66. The summed E-state index contributed by atoms with van der Waals surface area (Å²) in [6, 6.07) is 10.4. The second kappa shape index (κ2) is 12.1. The summed E-state index contributed by atoms with van der Waals surface area (Å²) in [5.74, 6) is -6.44. The molecule has 1 atom stereocenters. The fraction of sp³-hybridized carbons (Fsp3) is 0.259. The molecule has 1 aliphatic heterocycles. The first-order valence-corrected chi connectivity index (χ1v) is 12.4. The summed E-state index contributed by atoms with van der Waals surface area (Å²) in [5.41, 5.74) is 5.57. The molecule has 0 bridgehead atoms. The van der Waals surface area contributed by atoms with Crippen LogP contribution in [0.25, 0.3) is 10.8 Å². The summed E-state index contributed by atoms with van der Waals surface area (Å²) in [7, 11) is 0. The lowest BCUT2D eigenvalue weighted by Crippen LogP contribution is -2.42. The Kier molecular flexibility index (Phi) is 8.70. The van der Waals surface area contributed by atoms with Gasteiger partial charge in [0.25, 0.3) is 0 Å². The van der Waals surface area contributed by atoms with Crippen molar-refractivity contribution in [2.45, 2.75) is 38.1 Å². The summed E-state index contributed by atoms with van der Waals surface area (Å²) in [5, 5.41) is 26.4. The highest BCUT2D eigenvalue weighted by atomic mass is 19.4. The van der Waals surface area contributed by atoms with Gasteiger partial charge >= 0.3 is 12.1 Å². The Labute approximate surface area is 233 Å². The van der Waals surface area contributed by atoms with E-state index in [0.717, 1.165) is 9.95 Å². The van der Waals surface area contributed by atoms with E-state index in [1.807, 2.05) is 12.1 Å². The number of phenols is 1. The summed E-state index contributed by atoms with van der Waals surface area (Å²) in [4.78, 5) is 24.3. The number of carbonyl (C=O) groups excluding carboxylic acids is 1. The summed E-state index contributed by atoms with van der Waals surface area (Å²) >= 11 is 0. The molecule has 1 aromatic heterocycles. The maximum absolute atomic E-state index is 13.7. The van der Waals surface area contributed by atoms with Crippen molar-refractivity contribution >= 4 is 22.6 Å². The van der Waals surface area contributed by atoms with Crippen molar-refractivity contribution in [3.05, 3.63) is 88.8 Å². The third kappa shape index (κ3) is 6.62. The monoisotopic (exact) mass is 595 g/mol. The zero-order valence-corrected chi connectivity index (χ0v) is 21.6. The van der Waals surface area contributed by atoms with Gasteiger partial charge in [-0.1, -0.05) is 30.3 Å². The largest absolute Gasteiger partial charge is 0.506 e. The van der Waals surface area contributed by atoms with Crippen molar-refractivity contribution in [1.29, 1.82) is 0 Å². The van der Waals surface area contributed by atoms with Gasteiger partial charge in [-0.25, -0.2) is 18.0 Å². The van der Waals surface area contributed by atoms with Crippen LogP contribution in [-0.2, 0) is 30.5 Å². The molecule has 4 aromatic rings. The van der Waals surface area contributed by atoms with E-state index in [-0.39, 0.29) is 55.2 Å². The third-order valence-corrected chi connectivity index (χ3v) is 6.50. The average molecular weight is 596 g/mol. The molecule has 9 nitrogen and oxygen atoms in total. The summed E-state index contributed by atoms with van der Waals surface area (Å²) < 4.78 is 79.3. The number of hydrogen-bond donors (Lipinski definition) is 3. The van der Waals surface area contributed by atoms with Gasteiger partial charge in [-0.05, 0) is 29.5 Å². The topological polar surface area (TPSA) is 135 Å².